The summed E-state index contributed by atoms with van der Waals surface area (Å²) < 4.78 is 26.8. The zero-order valence-corrected chi connectivity index (χ0v) is 13.1. The van der Waals surface area contributed by atoms with Crippen molar-refractivity contribution < 1.29 is 13.6 Å². The molecule has 22 heavy (non-hydrogen) atoms. The third-order valence-corrected chi connectivity index (χ3v) is 4.18. The Balaban J connectivity index is 2.02. The van der Waals surface area contributed by atoms with Crippen LogP contribution in [-0.2, 0) is 0 Å². The van der Waals surface area contributed by atoms with Crippen LogP contribution in [0.1, 0.15) is 42.9 Å². The first kappa shape index (κ1) is 16.4. The van der Waals surface area contributed by atoms with E-state index in [0.717, 1.165) is 11.1 Å². The summed E-state index contributed by atoms with van der Waals surface area (Å²) in [6.07, 6.45) is 2.15. The van der Waals surface area contributed by atoms with Gasteiger partial charge in [0.15, 0.2) is 0 Å². The van der Waals surface area contributed by atoms with Crippen molar-refractivity contribution in [3.8, 4) is 0 Å². The Morgan fingerprint density at radius 3 is 2.73 bits per heavy atom. The number of carbonyl (C=O) groups excluding carboxylic acids is 1. The SMILES string of the molecule is CC[C@@H](NC(=O)N[C@H](C)c1nccs1)c1ccc(F)cc1F. The zero-order valence-electron chi connectivity index (χ0n) is 12.3. The van der Waals surface area contributed by atoms with Crippen molar-refractivity contribution >= 4 is 17.4 Å². The Morgan fingerprint density at radius 1 is 1.36 bits per heavy atom. The Labute approximate surface area is 131 Å². The molecule has 0 saturated carbocycles. The minimum absolute atomic E-state index is 0.240. The predicted octanol–water partition coefficient (Wildman–Crippen LogP) is 3.93. The fraction of sp³-hybridized carbons (Fsp3) is 0.333. The van der Waals surface area contributed by atoms with Crippen LogP contribution in [0.3, 0.4) is 0 Å². The summed E-state index contributed by atoms with van der Waals surface area (Å²) in [5.74, 6) is -1.31. The van der Waals surface area contributed by atoms with Gasteiger partial charge in [-0.1, -0.05) is 13.0 Å². The molecule has 2 amide bonds. The van der Waals surface area contributed by atoms with E-state index in [-0.39, 0.29) is 11.6 Å². The third kappa shape index (κ3) is 4.00. The molecule has 0 aliphatic rings. The van der Waals surface area contributed by atoms with E-state index < -0.39 is 23.7 Å². The second-order valence-electron chi connectivity index (χ2n) is 4.84. The molecule has 2 N–H and O–H groups in total. The van der Waals surface area contributed by atoms with E-state index in [4.69, 9.17) is 0 Å². The van der Waals surface area contributed by atoms with Gasteiger partial charge >= 0.3 is 6.03 Å². The minimum Gasteiger partial charge on any atom is -0.331 e. The molecule has 0 radical (unpaired) electrons. The van der Waals surface area contributed by atoms with E-state index in [0.29, 0.717) is 6.42 Å². The van der Waals surface area contributed by atoms with E-state index in [1.807, 2.05) is 19.2 Å². The highest BCUT2D eigenvalue weighted by Gasteiger charge is 2.18. The molecular weight excluding hydrogens is 308 g/mol. The minimum atomic E-state index is -0.667. The third-order valence-electron chi connectivity index (χ3n) is 3.22. The number of rotatable bonds is 5. The van der Waals surface area contributed by atoms with E-state index in [2.05, 4.69) is 15.6 Å². The first-order valence-corrected chi connectivity index (χ1v) is 7.80. The van der Waals surface area contributed by atoms with E-state index >= 15 is 0 Å². The standard InChI is InChI=1S/C15H17F2N3OS/c1-3-13(11-5-4-10(16)8-12(11)17)20-15(21)19-9(2)14-18-6-7-22-14/h4-9,13H,3H2,1-2H3,(H2,19,20,21)/t9-,13-/m1/s1. The lowest BCUT2D eigenvalue weighted by molar-refractivity contribution is 0.233. The summed E-state index contributed by atoms with van der Waals surface area (Å²) in [5.41, 5.74) is 0.265. The Hall–Kier alpha value is -2.02. The summed E-state index contributed by atoms with van der Waals surface area (Å²) in [4.78, 5) is 16.2. The lowest BCUT2D eigenvalue weighted by Crippen LogP contribution is -2.39. The molecule has 4 nitrogen and oxygen atoms in total. The summed E-state index contributed by atoms with van der Waals surface area (Å²) in [6.45, 7) is 3.63. The first-order valence-electron chi connectivity index (χ1n) is 6.92. The first-order chi connectivity index (χ1) is 10.5. The second-order valence-corrected chi connectivity index (χ2v) is 5.76. The van der Waals surface area contributed by atoms with Gasteiger partial charge in [0.25, 0.3) is 0 Å². The number of nitrogens with one attached hydrogen (secondary N) is 2. The monoisotopic (exact) mass is 325 g/mol. The van der Waals surface area contributed by atoms with Crippen LogP contribution in [0.25, 0.3) is 0 Å². The molecule has 0 unspecified atom stereocenters. The zero-order chi connectivity index (χ0) is 16.1. The Bertz CT molecular complexity index is 634. The molecule has 118 valence electrons. The average molecular weight is 325 g/mol. The normalized spacial score (nSPS) is 13.5. The van der Waals surface area contributed by atoms with Crippen molar-refractivity contribution in [2.75, 3.05) is 0 Å². The van der Waals surface area contributed by atoms with Crippen LogP contribution in [0.4, 0.5) is 13.6 Å². The van der Waals surface area contributed by atoms with Gasteiger partial charge in [0, 0.05) is 23.2 Å². The van der Waals surface area contributed by atoms with Gasteiger partial charge in [0.1, 0.15) is 16.6 Å². The van der Waals surface area contributed by atoms with Crippen molar-refractivity contribution in [3.05, 3.63) is 52.0 Å². The summed E-state index contributed by atoms with van der Waals surface area (Å²) >= 11 is 1.44. The van der Waals surface area contributed by atoms with Crippen molar-refractivity contribution in [1.29, 1.82) is 0 Å². The van der Waals surface area contributed by atoms with Gasteiger partial charge in [-0.05, 0) is 19.4 Å². The molecule has 0 aliphatic carbocycles. The molecular formula is C15H17F2N3OS. The number of carbonyl (C=O) groups is 1. The van der Waals surface area contributed by atoms with Crippen LogP contribution in [0.2, 0.25) is 0 Å². The number of urea groups is 1. The lowest BCUT2D eigenvalue weighted by Gasteiger charge is -2.20. The molecule has 1 aromatic carbocycles. The fourth-order valence-corrected chi connectivity index (χ4v) is 2.74. The molecule has 1 heterocycles. The number of thiazole rings is 1. The second kappa shape index (κ2) is 7.31. The highest BCUT2D eigenvalue weighted by atomic mass is 32.1. The van der Waals surface area contributed by atoms with Crippen LogP contribution in [0, 0.1) is 11.6 Å². The smallest absolute Gasteiger partial charge is 0.315 e. The van der Waals surface area contributed by atoms with Crippen LogP contribution < -0.4 is 10.6 Å². The predicted molar refractivity (Wildman–Crippen MR) is 81.6 cm³/mol. The molecule has 0 aliphatic heterocycles. The summed E-state index contributed by atoms with van der Waals surface area (Å²) in [7, 11) is 0. The maximum atomic E-state index is 13.8. The number of hydrogen-bond donors (Lipinski definition) is 2. The van der Waals surface area contributed by atoms with Gasteiger partial charge in [0.05, 0.1) is 12.1 Å². The largest absolute Gasteiger partial charge is 0.331 e. The Morgan fingerprint density at radius 2 is 2.14 bits per heavy atom. The molecule has 7 heteroatoms. The molecule has 0 bridgehead atoms. The molecule has 2 aromatic rings. The number of hydrogen-bond acceptors (Lipinski definition) is 3. The van der Waals surface area contributed by atoms with Crippen molar-refractivity contribution in [2.45, 2.75) is 32.4 Å². The molecule has 2 atom stereocenters. The van der Waals surface area contributed by atoms with Gasteiger partial charge in [-0.2, -0.15) is 0 Å². The van der Waals surface area contributed by atoms with E-state index in [9.17, 15) is 13.6 Å². The molecule has 0 fully saturated rings. The topological polar surface area (TPSA) is 54.0 Å². The highest BCUT2D eigenvalue weighted by molar-refractivity contribution is 7.09. The van der Waals surface area contributed by atoms with Crippen LogP contribution >= 0.6 is 11.3 Å². The molecule has 0 saturated heterocycles. The highest BCUT2D eigenvalue weighted by Crippen LogP contribution is 2.21. The lowest BCUT2D eigenvalue weighted by atomic mass is 10.0. The summed E-state index contributed by atoms with van der Waals surface area (Å²) in [5, 5.41) is 8.07. The van der Waals surface area contributed by atoms with Gasteiger partial charge in [-0.25, -0.2) is 18.6 Å². The molecule has 1 aromatic heterocycles. The van der Waals surface area contributed by atoms with Gasteiger partial charge in [-0.15, -0.1) is 11.3 Å². The fourth-order valence-electron chi connectivity index (χ4n) is 2.09. The quantitative estimate of drug-likeness (QED) is 0.875. The Kier molecular flexibility index (Phi) is 5.43. The molecule has 0 spiro atoms. The van der Waals surface area contributed by atoms with Gasteiger partial charge in [0.2, 0.25) is 0 Å². The molecule has 2 rings (SSSR count). The van der Waals surface area contributed by atoms with E-state index in [1.54, 1.807) is 6.20 Å². The van der Waals surface area contributed by atoms with Gasteiger partial charge in [-0.3, -0.25) is 0 Å². The van der Waals surface area contributed by atoms with Crippen LogP contribution in [0.15, 0.2) is 29.8 Å². The number of aromatic nitrogens is 1. The average Bonchev–Trinajstić information content (AvgIpc) is 2.99. The van der Waals surface area contributed by atoms with Crippen molar-refractivity contribution in [3.63, 3.8) is 0 Å². The van der Waals surface area contributed by atoms with E-state index in [1.165, 1.54) is 23.5 Å². The summed E-state index contributed by atoms with van der Waals surface area (Å²) in [6, 6.07) is 2.16. The number of halogens is 2. The van der Waals surface area contributed by atoms with Crippen LogP contribution in [-0.4, -0.2) is 11.0 Å². The van der Waals surface area contributed by atoms with Crippen molar-refractivity contribution in [1.82, 2.24) is 15.6 Å². The van der Waals surface area contributed by atoms with Crippen molar-refractivity contribution in [2.24, 2.45) is 0 Å². The number of amides is 2. The maximum absolute atomic E-state index is 13.8. The number of nitrogens with zero attached hydrogens (tertiary/aromatic N) is 1. The van der Waals surface area contributed by atoms with Crippen LogP contribution in [0.5, 0.6) is 0 Å². The van der Waals surface area contributed by atoms with Gasteiger partial charge < -0.3 is 10.6 Å². The maximum Gasteiger partial charge on any atom is 0.315 e. The number of benzene rings is 1.